The molecule has 0 unspecified atom stereocenters. The minimum atomic E-state index is -0.837. The highest BCUT2D eigenvalue weighted by atomic mass is 16.3. The predicted molar refractivity (Wildman–Crippen MR) is 85.8 cm³/mol. The molecule has 0 spiro atoms. The molecule has 1 fully saturated rings. The number of benzene rings is 1. The van der Waals surface area contributed by atoms with Crippen LogP contribution in [0, 0.1) is 11.8 Å². The quantitative estimate of drug-likeness (QED) is 0.783. The van der Waals surface area contributed by atoms with Gasteiger partial charge in [0.1, 0.15) is 0 Å². The van der Waals surface area contributed by atoms with E-state index in [-0.39, 0.29) is 5.92 Å². The third-order valence-corrected chi connectivity index (χ3v) is 4.82. The van der Waals surface area contributed by atoms with E-state index in [2.05, 4.69) is 11.9 Å². The molecule has 0 bridgehead atoms. The molecule has 1 saturated carbocycles. The van der Waals surface area contributed by atoms with Gasteiger partial charge in [-0.2, -0.15) is 0 Å². The van der Waals surface area contributed by atoms with Crippen LogP contribution in [0.3, 0.4) is 0 Å². The van der Waals surface area contributed by atoms with Gasteiger partial charge in [-0.1, -0.05) is 37.5 Å². The second-order valence-corrected chi connectivity index (χ2v) is 6.13. The van der Waals surface area contributed by atoms with Gasteiger partial charge in [-0.05, 0) is 43.4 Å². The van der Waals surface area contributed by atoms with Crippen LogP contribution in [-0.4, -0.2) is 12.2 Å². The van der Waals surface area contributed by atoms with Crippen LogP contribution in [-0.2, 0) is 5.60 Å². The first-order valence-corrected chi connectivity index (χ1v) is 7.73. The lowest BCUT2D eigenvalue weighted by Crippen LogP contribution is -2.36. The second kappa shape index (κ2) is 6.45. The molecule has 2 heteroatoms. The SMILES string of the molecule is C=C[C@H](C1CCCCC1)[C@](C)(O)c1ccc(NC)cc1. The van der Waals surface area contributed by atoms with Crippen molar-refractivity contribution in [3.8, 4) is 0 Å². The van der Waals surface area contributed by atoms with Gasteiger partial charge in [0.25, 0.3) is 0 Å². The van der Waals surface area contributed by atoms with Gasteiger partial charge >= 0.3 is 0 Å². The fourth-order valence-electron chi connectivity index (χ4n) is 3.54. The molecule has 2 nitrogen and oxygen atoms in total. The van der Waals surface area contributed by atoms with E-state index in [1.165, 1.54) is 32.1 Å². The maximum Gasteiger partial charge on any atom is 0.0933 e. The van der Waals surface area contributed by atoms with Crippen LogP contribution in [0.25, 0.3) is 0 Å². The Morgan fingerprint density at radius 1 is 1.25 bits per heavy atom. The summed E-state index contributed by atoms with van der Waals surface area (Å²) in [6.45, 7) is 5.92. The molecule has 1 aliphatic rings. The summed E-state index contributed by atoms with van der Waals surface area (Å²) in [5.74, 6) is 0.684. The molecule has 1 aromatic rings. The van der Waals surface area contributed by atoms with Gasteiger partial charge in [0.15, 0.2) is 0 Å². The first-order valence-electron chi connectivity index (χ1n) is 7.73. The Labute approximate surface area is 122 Å². The zero-order valence-corrected chi connectivity index (χ0v) is 12.7. The summed E-state index contributed by atoms with van der Waals surface area (Å²) in [6.07, 6.45) is 8.28. The van der Waals surface area contributed by atoms with E-state index in [9.17, 15) is 5.11 Å². The lowest BCUT2D eigenvalue weighted by atomic mass is 9.70. The predicted octanol–water partition coefficient (Wildman–Crippen LogP) is 4.32. The van der Waals surface area contributed by atoms with E-state index < -0.39 is 5.60 Å². The van der Waals surface area contributed by atoms with Gasteiger partial charge in [0, 0.05) is 18.7 Å². The lowest BCUT2D eigenvalue weighted by Gasteiger charge is -2.38. The van der Waals surface area contributed by atoms with Crippen molar-refractivity contribution < 1.29 is 5.11 Å². The summed E-state index contributed by atoms with van der Waals surface area (Å²) in [5, 5.41) is 14.2. The van der Waals surface area contributed by atoms with Gasteiger partial charge in [-0.15, -0.1) is 6.58 Å². The Bertz CT molecular complexity index is 429. The van der Waals surface area contributed by atoms with E-state index in [0.29, 0.717) is 5.92 Å². The van der Waals surface area contributed by atoms with Gasteiger partial charge in [-0.25, -0.2) is 0 Å². The first-order chi connectivity index (χ1) is 9.59. The fraction of sp³-hybridized carbons (Fsp3) is 0.556. The zero-order chi connectivity index (χ0) is 14.6. The third-order valence-electron chi connectivity index (χ3n) is 4.82. The summed E-state index contributed by atoms with van der Waals surface area (Å²) in [5.41, 5.74) is 1.21. The smallest absolute Gasteiger partial charge is 0.0933 e. The highest BCUT2D eigenvalue weighted by molar-refractivity contribution is 5.45. The Hall–Kier alpha value is -1.28. The lowest BCUT2D eigenvalue weighted by molar-refractivity contribution is -0.0171. The van der Waals surface area contributed by atoms with E-state index in [4.69, 9.17) is 0 Å². The Kier molecular flexibility index (Phi) is 4.87. The van der Waals surface area contributed by atoms with Crippen molar-refractivity contribution in [1.29, 1.82) is 0 Å². The van der Waals surface area contributed by atoms with Crippen LogP contribution in [0.5, 0.6) is 0 Å². The largest absolute Gasteiger partial charge is 0.388 e. The number of rotatable bonds is 5. The molecular formula is C18H27NO. The summed E-state index contributed by atoms with van der Waals surface area (Å²) >= 11 is 0. The fourth-order valence-corrected chi connectivity index (χ4v) is 3.54. The molecule has 2 rings (SSSR count). The summed E-state index contributed by atoms with van der Waals surface area (Å²) < 4.78 is 0. The van der Waals surface area contributed by atoms with Gasteiger partial charge in [0.2, 0.25) is 0 Å². The molecule has 0 aliphatic heterocycles. The number of nitrogens with one attached hydrogen (secondary N) is 1. The normalized spacial score (nSPS) is 20.9. The Balaban J connectivity index is 2.22. The van der Waals surface area contributed by atoms with E-state index >= 15 is 0 Å². The number of hydrogen-bond donors (Lipinski definition) is 2. The average molecular weight is 273 g/mol. The number of aliphatic hydroxyl groups is 1. The second-order valence-electron chi connectivity index (χ2n) is 6.13. The van der Waals surface area contributed by atoms with Crippen molar-refractivity contribution in [2.75, 3.05) is 12.4 Å². The third kappa shape index (κ3) is 3.06. The van der Waals surface area contributed by atoms with Crippen LogP contribution < -0.4 is 5.32 Å². The van der Waals surface area contributed by atoms with Crippen LogP contribution >= 0.6 is 0 Å². The van der Waals surface area contributed by atoms with Crippen molar-refractivity contribution in [3.63, 3.8) is 0 Å². The van der Waals surface area contributed by atoms with Crippen molar-refractivity contribution in [1.82, 2.24) is 0 Å². The molecule has 1 aromatic carbocycles. The van der Waals surface area contributed by atoms with E-state index in [1.807, 2.05) is 44.3 Å². The Morgan fingerprint density at radius 2 is 1.85 bits per heavy atom. The molecule has 0 saturated heterocycles. The van der Waals surface area contributed by atoms with Crippen molar-refractivity contribution in [2.24, 2.45) is 11.8 Å². The summed E-state index contributed by atoms with van der Waals surface area (Å²) in [6, 6.07) is 8.08. The van der Waals surface area contributed by atoms with Gasteiger partial charge < -0.3 is 10.4 Å². The molecule has 0 heterocycles. The molecule has 1 aliphatic carbocycles. The van der Waals surface area contributed by atoms with Crippen LogP contribution in [0.2, 0.25) is 0 Å². The molecular weight excluding hydrogens is 246 g/mol. The highest BCUT2D eigenvalue weighted by Gasteiger charge is 2.37. The summed E-state index contributed by atoms with van der Waals surface area (Å²) in [4.78, 5) is 0. The number of anilines is 1. The standard InChI is InChI=1S/C18H27NO/c1-4-17(14-8-6-5-7-9-14)18(2,20)15-10-12-16(19-3)13-11-15/h4,10-14,17,19-20H,1,5-9H2,2-3H3/t17-,18-/m1/s1. The van der Waals surface area contributed by atoms with Crippen molar-refractivity contribution >= 4 is 5.69 Å². The molecule has 0 aromatic heterocycles. The Morgan fingerprint density at radius 3 is 2.35 bits per heavy atom. The molecule has 20 heavy (non-hydrogen) atoms. The van der Waals surface area contributed by atoms with Crippen molar-refractivity contribution in [3.05, 3.63) is 42.5 Å². The minimum Gasteiger partial charge on any atom is -0.388 e. The summed E-state index contributed by atoms with van der Waals surface area (Å²) in [7, 11) is 1.90. The van der Waals surface area contributed by atoms with Crippen LogP contribution in [0.15, 0.2) is 36.9 Å². The van der Waals surface area contributed by atoms with Gasteiger partial charge in [0.05, 0.1) is 5.60 Å². The molecule has 0 amide bonds. The molecule has 2 atom stereocenters. The van der Waals surface area contributed by atoms with Crippen molar-refractivity contribution in [2.45, 2.75) is 44.6 Å². The monoisotopic (exact) mass is 273 g/mol. The van der Waals surface area contributed by atoms with Gasteiger partial charge in [-0.3, -0.25) is 0 Å². The zero-order valence-electron chi connectivity index (χ0n) is 12.7. The average Bonchev–Trinajstić information content (AvgIpc) is 2.49. The number of hydrogen-bond acceptors (Lipinski definition) is 2. The maximum atomic E-state index is 11.1. The molecule has 2 N–H and O–H groups in total. The van der Waals surface area contributed by atoms with Crippen LogP contribution in [0.1, 0.15) is 44.6 Å². The van der Waals surface area contributed by atoms with E-state index in [0.717, 1.165) is 11.3 Å². The molecule has 110 valence electrons. The first kappa shape index (κ1) is 15.1. The topological polar surface area (TPSA) is 32.3 Å². The highest BCUT2D eigenvalue weighted by Crippen LogP contribution is 2.41. The van der Waals surface area contributed by atoms with E-state index in [1.54, 1.807) is 0 Å². The van der Waals surface area contributed by atoms with Crippen LogP contribution in [0.4, 0.5) is 5.69 Å². The minimum absolute atomic E-state index is 0.128. The maximum absolute atomic E-state index is 11.1. The molecule has 0 radical (unpaired) electrons.